The van der Waals surface area contributed by atoms with Crippen LogP contribution in [0, 0.1) is 0 Å². The highest BCUT2D eigenvalue weighted by Crippen LogP contribution is 2.33. The number of halogens is 2. The fourth-order valence-electron chi connectivity index (χ4n) is 3.29. The van der Waals surface area contributed by atoms with Crippen LogP contribution >= 0.6 is 50.6 Å². The van der Waals surface area contributed by atoms with E-state index >= 15 is 0 Å². The monoisotopic (exact) mass is 525 g/mol. The quantitative estimate of drug-likeness (QED) is 0.402. The van der Waals surface area contributed by atoms with Gasteiger partial charge in [-0.15, -0.1) is 11.8 Å². The van der Waals surface area contributed by atoms with E-state index in [4.69, 9.17) is 21.3 Å². The third kappa shape index (κ3) is 5.00. The van der Waals surface area contributed by atoms with Crippen LogP contribution in [-0.2, 0) is 4.74 Å². The number of thiazole rings is 1. The number of ether oxygens (including phenoxy) is 1. The van der Waals surface area contributed by atoms with Gasteiger partial charge in [-0.3, -0.25) is 14.6 Å². The molecule has 0 bridgehead atoms. The predicted octanol–water partition coefficient (Wildman–Crippen LogP) is 5.41. The van der Waals surface area contributed by atoms with Crippen LogP contribution in [0.15, 0.2) is 45.8 Å². The molecule has 5 nitrogen and oxygen atoms in total. The van der Waals surface area contributed by atoms with Gasteiger partial charge in [-0.05, 0) is 42.7 Å². The SMILES string of the molecule is CSc1ccc2nc(N(CCN3CCOCC3)C(=O)c3cc(Br)ccc3Cl)sc2c1. The molecule has 0 atom stereocenters. The van der Waals surface area contributed by atoms with Crippen molar-refractivity contribution in [1.82, 2.24) is 9.88 Å². The van der Waals surface area contributed by atoms with E-state index in [1.807, 2.05) is 12.1 Å². The van der Waals surface area contributed by atoms with Gasteiger partial charge in [-0.25, -0.2) is 4.98 Å². The van der Waals surface area contributed by atoms with Crippen LogP contribution in [0.4, 0.5) is 5.13 Å². The summed E-state index contributed by atoms with van der Waals surface area (Å²) in [4.78, 5) is 23.5. The van der Waals surface area contributed by atoms with Crippen LogP contribution in [0.2, 0.25) is 5.02 Å². The summed E-state index contributed by atoms with van der Waals surface area (Å²) in [6.07, 6.45) is 2.05. The van der Waals surface area contributed by atoms with Gasteiger partial charge >= 0.3 is 0 Å². The number of rotatable bonds is 6. The molecule has 1 fully saturated rings. The molecule has 4 rings (SSSR count). The summed E-state index contributed by atoms with van der Waals surface area (Å²) in [6.45, 7) is 4.49. The minimum absolute atomic E-state index is 0.140. The molecule has 0 saturated carbocycles. The Kier molecular flexibility index (Phi) is 7.33. The molecule has 158 valence electrons. The lowest BCUT2D eigenvalue weighted by atomic mass is 10.2. The van der Waals surface area contributed by atoms with Gasteiger partial charge in [0.25, 0.3) is 5.91 Å². The molecular weight excluding hydrogens is 506 g/mol. The highest BCUT2D eigenvalue weighted by atomic mass is 79.9. The summed E-state index contributed by atoms with van der Waals surface area (Å²) in [5, 5.41) is 1.13. The molecule has 1 aliphatic rings. The second-order valence-electron chi connectivity index (χ2n) is 6.87. The summed E-state index contributed by atoms with van der Waals surface area (Å²) in [5.74, 6) is -0.140. The minimum Gasteiger partial charge on any atom is -0.379 e. The first-order valence-electron chi connectivity index (χ1n) is 9.57. The number of hydrogen-bond donors (Lipinski definition) is 0. The van der Waals surface area contributed by atoms with E-state index in [9.17, 15) is 4.79 Å². The van der Waals surface area contributed by atoms with Gasteiger partial charge in [0.1, 0.15) is 0 Å². The second kappa shape index (κ2) is 9.97. The van der Waals surface area contributed by atoms with Crippen molar-refractivity contribution in [2.45, 2.75) is 4.90 Å². The van der Waals surface area contributed by atoms with Crippen LogP contribution in [0.5, 0.6) is 0 Å². The van der Waals surface area contributed by atoms with Gasteiger partial charge in [0.2, 0.25) is 0 Å². The van der Waals surface area contributed by atoms with Crippen molar-refractivity contribution in [3.63, 3.8) is 0 Å². The maximum atomic E-state index is 13.5. The molecule has 1 aliphatic heterocycles. The van der Waals surface area contributed by atoms with Crippen molar-refractivity contribution >= 4 is 71.9 Å². The lowest BCUT2D eigenvalue weighted by Crippen LogP contribution is -2.43. The number of amides is 1. The molecule has 2 heterocycles. The van der Waals surface area contributed by atoms with Crippen LogP contribution in [0.3, 0.4) is 0 Å². The molecule has 1 amide bonds. The van der Waals surface area contributed by atoms with Crippen molar-refractivity contribution < 1.29 is 9.53 Å². The number of anilines is 1. The number of carbonyl (C=O) groups is 1. The third-order valence-corrected chi connectivity index (χ3v) is 7.55. The molecule has 0 aliphatic carbocycles. The number of thioether (sulfide) groups is 1. The maximum absolute atomic E-state index is 13.5. The Morgan fingerprint density at radius 2 is 2.10 bits per heavy atom. The van der Waals surface area contributed by atoms with E-state index < -0.39 is 0 Å². The number of carbonyl (C=O) groups excluding carboxylic acids is 1. The molecule has 3 aromatic rings. The van der Waals surface area contributed by atoms with Crippen LogP contribution < -0.4 is 4.90 Å². The zero-order chi connectivity index (χ0) is 21.1. The lowest BCUT2D eigenvalue weighted by Gasteiger charge is -2.29. The zero-order valence-electron chi connectivity index (χ0n) is 16.4. The summed E-state index contributed by atoms with van der Waals surface area (Å²) < 4.78 is 7.33. The first-order valence-corrected chi connectivity index (χ1v) is 12.8. The third-order valence-electron chi connectivity index (χ3n) is 4.96. The maximum Gasteiger partial charge on any atom is 0.261 e. The summed E-state index contributed by atoms with van der Waals surface area (Å²) in [6, 6.07) is 11.5. The van der Waals surface area contributed by atoms with Crippen molar-refractivity contribution in [3.05, 3.63) is 51.5 Å². The van der Waals surface area contributed by atoms with E-state index in [1.165, 1.54) is 16.2 Å². The molecule has 1 saturated heterocycles. The Morgan fingerprint density at radius 1 is 1.30 bits per heavy atom. The Bertz CT molecular complexity index is 1060. The smallest absolute Gasteiger partial charge is 0.261 e. The van der Waals surface area contributed by atoms with Gasteiger partial charge in [-0.1, -0.05) is 38.9 Å². The van der Waals surface area contributed by atoms with E-state index in [-0.39, 0.29) is 5.91 Å². The van der Waals surface area contributed by atoms with Gasteiger partial charge < -0.3 is 4.74 Å². The number of hydrogen-bond acceptors (Lipinski definition) is 6. The molecule has 0 N–H and O–H groups in total. The first-order chi connectivity index (χ1) is 14.5. The van der Waals surface area contributed by atoms with E-state index in [1.54, 1.807) is 28.8 Å². The van der Waals surface area contributed by atoms with Crippen molar-refractivity contribution in [1.29, 1.82) is 0 Å². The van der Waals surface area contributed by atoms with Gasteiger partial charge in [0.15, 0.2) is 5.13 Å². The summed E-state index contributed by atoms with van der Waals surface area (Å²) in [7, 11) is 0. The van der Waals surface area contributed by atoms with Gasteiger partial charge in [0.05, 0.1) is 34.0 Å². The summed E-state index contributed by atoms with van der Waals surface area (Å²) >= 11 is 13.1. The number of fused-ring (bicyclic) bond motifs is 1. The number of aromatic nitrogens is 1. The van der Waals surface area contributed by atoms with Crippen molar-refractivity contribution in [2.24, 2.45) is 0 Å². The molecule has 30 heavy (non-hydrogen) atoms. The van der Waals surface area contributed by atoms with Gasteiger partial charge in [-0.2, -0.15) is 0 Å². The molecule has 2 aromatic carbocycles. The topological polar surface area (TPSA) is 45.7 Å². The molecule has 1 aromatic heterocycles. The van der Waals surface area contributed by atoms with Crippen LogP contribution in [0.1, 0.15) is 10.4 Å². The van der Waals surface area contributed by atoms with Crippen LogP contribution in [0.25, 0.3) is 10.2 Å². The molecule has 0 unspecified atom stereocenters. The average Bonchev–Trinajstić information content (AvgIpc) is 3.19. The highest BCUT2D eigenvalue weighted by molar-refractivity contribution is 9.10. The summed E-state index contributed by atoms with van der Waals surface area (Å²) in [5.41, 5.74) is 1.37. The Hall–Kier alpha value is -1.16. The Balaban J connectivity index is 1.67. The molecular formula is C21H21BrClN3O2S2. The first kappa shape index (κ1) is 22.0. The Morgan fingerprint density at radius 3 is 2.87 bits per heavy atom. The standard InChI is InChI=1S/C21H21BrClN3O2S2/c1-29-15-3-5-18-19(13-15)30-21(24-18)26(7-6-25-8-10-28-11-9-25)20(27)16-12-14(22)2-4-17(16)23/h2-5,12-13H,6-11H2,1H3. The Labute approximate surface area is 197 Å². The molecule has 9 heteroatoms. The normalized spacial score (nSPS) is 14.9. The zero-order valence-corrected chi connectivity index (χ0v) is 20.4. The molecule has 0 radical (unpaired) electrons. The number of benzene rings is 2. The average molecular weight is 527 g/mol. The fourth-order valence-corrected chi connectivity index (χ4v) is 5.40. The number of nitrogens with zero attached hydrogens (tertiary/aromatic N) is 3. The van der Waals surface area contributed by atoms with Crippen molar-refractivity contribution in [2.75, 3.05) is 50.5 Å². The van der Waals surface area contributed by atoms with E-state index in [0.717, 1.165) is 47.5 Å². The second-order valence-corrected chi connectivity index (χ2v) is 10.1. The highest BCUT2D eigenvalue weighted by Gasteiger charge is 2.24. The van der Waals surface area contributed by atoms with Gasteiger partial charge in [0, 0.05) is 35.5 Å². The number of morpholine rings is 1. The van der Waals surface area contributed by atoms with E-state index in [0.29, 0.717) is 22.3 Å². The van der Waals surface area contributed by atoms with E-state index in [2.05, 4.69) is 39.2 Å². The fraction of sp³-hybridized carbons (Fsp3) is 0.333. The van der Waals surface area contributed by atoms with Crippen LogP contribution in [-0.4, -0.2) is 61.4 Å². The largest absolute Gasteiger partial charge is 0.379 e. The minimum atomic E-state index is -0.140. The molecule has 0 spiro atoms. The predicted molar refractivity (Wildman–Crippen MR) is 129 cm³/mol. The van der Waals surface area contributed by atoms with Crippen molar-refractivity contribution in [3.8, 4) is 0 Å². The lowest BCUT2D eigenvalue weighted by molar-refractivity contribution is 0.0391.